The van der Waals surface area contributed by atoms with E-state index < -0.39 is 17.2 Å². The van der Waals surface area contributed by atoms with Crippen LogP contribution in [0.25, 0.3) is 10.9 Å². The third-order valence-corrected chi connectivity index (χ3v) is 2.77. The second-order valence-electron chi connectivity index (χ2n) is 3.89. The standard InChI is InChI=1S/C12H12N2O4/c1-2-14-8-5-3-4-7(6-9(15)16)10(8)11(17)13-12(14)18/h3-5H,2,6H2,1H3,(H,15,16)(H,13,17,18). The zero-order chi connectivity index (χ0) is 13.3. The number of hydrogen-bond acceptors (Lipinski definition) is 3. The number of nitrogens with one attached hydrogen (secondary N) is 1. The monoisotopic (exact) mass is 248 g/mol. The number of H-pyrrole nitrogens is 1. The quantitative estimate of drug-likeness (QED) is 0.819. The zero-order valence-corrected chi connectivity index (χ0v) is 9.77. The van der Waals surface area contributed by atoms with Gasteiger partial charge in [0.05, 0.1) is 17.3 Å². The summed E-state index contributed by atoms with van der Waals surface area (Å²) in [5.41, 5.74) is -0.160. The van der Waals surface area contributed by atoms with Gasteiger partial charge < -0.3 is 5.11 Å². The second kappa shape index (κ2) is 4.48. The minimum absolute atomic E-state index is 0.248. The Bertz CT molecular complexity index is 727. The lowest BCUT2D eigenvalue weighted by Gasteiger charge is -2.09. The van der Waals surface area contributed by atoms with Crippen molar-refractivity contribution in [3.05, 3.63) is 44.6 Å². The van der Waals surface area contributed by atoms with Crippen LogP contribution in [0.2, 0.25) is 0 Å². The number of aromatic amines is 1. The minimum atomic E-state index is -1.02. The van der Waals surface area contributed by atoms with Crippen molar-refractivity contribution in [1.82, 2.24) is 9.55 Å². The summed E-state index contributed by atoms with van der Waals surface area (Å²) in [4.78, 5) is 36.4. The van der Waals surface area contributed by atoms with Crippen LogP contribution in [0.4, 0.5) is 0 Å². The highest BCUT2D eigenvalue weighted by molar-refractivity contribution is 5.85. The van der Waals surface area contributed by atoms with E-state index in [0.29, 0.717) is 17.6 Å². The number of aliphatic carboxylic acids is 1. The number of nitrogens with zero attached hydrogens (tertiary/aromatic N) is 1. The van der Waals surface area contributed by atoms with Gasteiger partial charge in [0, 0.05) is 6.54 Å². The third kappa shape index (κ3) is 1.92. The fraction of sp³-hybridized carbons (Fsp3) is 0.250. The number of hydrogen-bond donors (Lipinski definition) is 2. The molecule has 2 rings (SSSR count). The Labute approximate surface area is 102 Å². The van der Waals surface area contributed by atoms with E-state index in [0.717, 1.165) is 0 Å². The lowest BCUT2D eigenvalue weighted by molar-refractivity contribution is -0.136. The smallest absolute Gasteiger partial charge is 0.328 e. The SMILES string of the molecule is CCn1c(=O)[nH]c(=O)c2c(CC(=O)O)cccc21. The first-order valence-corrected chi connectivity index (χ1v) is 5.51. The van der Waals surface area contributed by atoms with Crippen LogP contribution in [0.5, 0.6) is 0 Å². The molecule has 0 saturated carbocycles. The molecule has 0 saturated heterocycles. The molecule has 0 spiro atoms. The Morgan fingerprint density at radius 1 is 1.39 bits per heavy atom. The first-order chi connectivity index (χ1) is 8.54. The Morgan fingerprint density at radius 2 is 2.11 bits per heavy atom. The molecule has 0 bridgehead atoms. The number of carboxylic acids is 1. The largest absolute Gasteiger partial charge is 0.481 e. The summed E-state index contributed by atoms with van der Waals surface area (Å²) in [5, 5.41) is 9.08. The maximum absolute atomic E-state index is 11.8. The molecule has 0 aliphatic rings. The van der Waals surface area contributed by atoms with Gasteiger partial charge in [-0.2, -0.15) is 0 Å². The predicted molar refractivity (Wildman–Crippen MR) is 65.8 cm³/mol. The molecular weight excluding hydrogens is 236 g/mol. The van der Waals surface area contributed by atoms with Gasteiger partial charge in [0.2, 0.25) is 0 Å². The molecule has 2 aromatic rings. The molecule has 0 fully saturated rings. The molecule has 6 heteroatoms. The predicted octanol–water partition coefficient (Wildman–Crippen LogP) is 0.337. The lowest BCUT2D eigenvalue weighted by Crippen LogP contribution is -2.30. The Hall–Kier alpha value is -2.37. The van der Waals surface area contributed by atoms with Crippen LogP contribution >= 0.6 is 0 Å². The topological polar surface area (TPSA) is 92.2 Å². The molecule has 0 atom stereocenters. The molecule has 0 unspecified atom stereocenters. The summed E-state index contributed by atoms with van der Waals surface area (Å²) in [6.45, 7) is 2.19. The van der Waals surface area contributed by atoms with E-state index in [4.69, 9.17) is 5.11 Å². The summed E-state index contributed by atoms with van der Waals surface area (Å²) in [6.07, 6.45) is -0.248. The highest BCUT2D eigenvalue weighted by atomic mass is 16.4. The number of aromatic nitrogens is 2. The van der Waals surface area contributed by atoms with Crippen molar-refractivity contribution in [2.24, 2.45) is 0 Å². The van der Waals surface area contributed by atoms with Gasteiger partial charge in [0.25, 0.3) is 5.56 Å². The molecule has 6 nitrogen and oxygen atoms in total. The molecule has 0 aliphatic carbocycles. The van der Waals surface area contributed by atoms with E-state index in [1.165, 1.54) is 4.57 Å². The van der Waals surface area contributed by atoms with Crippen molar-refractivity contribution in [3.63, 3.8) is 0 Å². The fourth-order valence-corrected chi connectivity index (χ4v) is 2.03. The number of benzene rings is 1. The Balaban J connectivity index is 2.89. The van der Waals surface area contributed by atoms with Gasteiger partial charge in [-0.3, -0.25) is 19.1 Å². The number of fused-ring (bicyclic) bond motifs is 1. The van der Waals surface area contributed by atoms with Crippen molar-refractivity contribution in [2.45, 2.75) is 19.9 Å². The van der Waals surface area contributed by atoms with E-state index in [9.17, 15) is 14.4 Å². The number of carbonyl (C=O) groups is 1. The van der Waals surface area contributed by atoms with Gasteiger partial charge in [-0.05, 0) is 18.6 Å². The van der Waals surface area contributed by atoms with Crippen LogP contribution in [-0.4, -0.2) is 20.6 Å². The molecule has 1 aromatic heterocycles. The summed E-state index contributed by atoms with van der Waals surface area (Å²) in [6, 6.07) is 4.86. The van der Waals surface area contributed by atoms with Crippen molar-refractivity contribution >= 4 is 16.9 Å². The zero-order valence-electron chi connectivity index (χ0n) is 9.77. The molecular formula is C12H12N2O4. The Morgan fingerprint density at radius 3 is 2.72 bits per heavy atom. The average molecular weight is 248 g/mol. The maximum Gasteiger partial charge on any atom is 0.328 e. The minimum Gasteiger partial charge on any atom is -0.481 e. The van der Waals surface area contributed by atoms with Gasteiger partial charge >= 0.3 is 11.7 Å². The highest BCUT2D eigenvalue weighted by Gasteiger charge is 2.12. The number of aryl methyl sites for hydroxylation is 1. The summed E-state index contributed by atoms with van der Waals surface area (Å²) in [5.74, 6) is -1.02. The van der Waals surface area contributed by atoms with E-state index in [1.807, 2.05) is 0 Å². The molecule has 2 N–H and O–H groups in total. The van der Waals surface area contributed by atoms with Crippen LogP contribution in [-0.2, 0) is 17.8 Å². The third-order valence-electron chi connectivity index (χ3n) is 2.77. The highest BCUT2D eigenvalue weighted by Crippen LogP contribution is 2.14. The van der Waals surface area contributed by atoms with Crippen LogP contribution < -0.4 is 11.2 Å². The summed E-state index contributed by atoms with van der Waals surface area (Å²) >= 11 is 0. The van der Waals surface area contributed by atoms with Gasteiger partial charge in [0.15, 0.2) is 0 Å². The molecule has 18 heavy (non-hydrogen) atoms. The van der Waals surface area contributed by atoms with Crippen LogP contribution in [0.15, 0.2) is 27.8 Å². The maximum atomic E-state index is 11.8. The van der Waals surface area contributed by atoms with Crippen molar-refractivity contribution < 1.29 is 9.90 Å². The molecule has 1 heterocycles. The molecule has 0 amide bonds. The molecule has 1 aromatic carbocycles. The van der Waals surface area contributed by atoms with Crippen molar-refractivity contribution in [2.75, 3.05) is 0 Å². The van der Waals surface area contributed by atoms with Gasteiger partial charge in [-0.25, -0.2) is 4.79 Å². The van der Waals surface area contributed by atoms with Crippen LogP contribution in [0, 0.1) is 0 Å². The van der Waals surface area contributed by atoms with Gasteiger partial charge in [0.1, 0.15) is 0 Å². The average Bonchev–Trinajstić information content (AvgIpc) is 2.28. The first kappa shape index (κ1) is 12.1. The molecule has 0 radical (unpaired) electrons. The van der Waals surface area contributed by atoms with E-state index >= 15 is 0 Å². The summed E-state index contributed by atoms with van der Waals surface area (Å²) in [7, 11) is 0. The van der Waals surface area contributed by atoms with Crippen molar-refractivity contribution in [3.8, 4) is 0 Å². The van der Waals surface area contributed by atoms with Crippen LogP contribution in [0.3, 0.4) is 0 Å². The summed E-state index contributed by atoms with van der Waals surface area (Å²) < 4.78 is 1.40. The van der Waals surface area contributed by atoms with E-state index in [2.05, 4.69) is 4.98 Å². The molecule has 0 aliphatic heterocycles. The number of rotatable bonds is 3. The Kier molecular flexibility index (Phi) is 3.01. The first-order valence-electron chi connectivity index (χ1n) is 5.51. The number of carboxylic acid groups (broad SMARTS) is 1. The lowest BCUT2D eigenvalue weighted by atomic mass is 10.1. The van der Waals surface area contributed by atoms with Crippen LogP contribution in [0.1, 0.15) is 12.5 Å². The van der Waals surface area contributed by atoms with Gasteiger partial charge in [-0.1, -0.05) is 12.1 Å². The van der Waals surface area contributed by atoms with Gasteiger partial charge in [-0.15, -0.1) is 0 Å². The van der Waals surface area contributed by atoms with Crippen molar-refractivity contribution in [1.29, 1.82) is 0 Å². The normalized spacial score (nSPS) is 10.7. The molecule has 94 valence electrons. The second-order valence-corrected chi connectivity index (χ2v) is 3.89. The van der Waals surface area contributed by atoms with E-state index in [1.54, 1.807) is 25.1 Å². The van der Waals surface area contributed by atoms with E-state index in [-0.39, 0.29) is 11.8 Å². The fourth-order valence-electron chi connectivity index (χ4n) is 2.03.